The summed E-state index contributed by atoms with van der Waals surface area (Å²) in [5.41, 5.74) is 4.15. The van der Waals surface area contributed by atoms with Crippen molar-refractivity contribution < 1.29 is 9.90 Å². The Morgan fingerprint density at radius 2 is 1.93 bits per heavy atom. The number of fused-ring (bicyclic) bond motifs is 3. The molecule has 0 spiro atoms. The van der Waals surface area contributed by atoms with Gasteiger partial charge in [-0.25, -0.2) is 0 Å². The van der Waals surface area contributed by atoms with E-state index in [9.17, 15) is 9.90 Å². The van der Waals surface area contributed by atoms with Crippen LogP contribution in [0.5, 0.6) is 0 Å². The highest BCUT2D eigenvalue weighted by molar-refractivity contribution is 6.31. The third-order valence-electron chi connectivity index (χ3n) is 5.16. The van der Waals surface area contributed by atoms with E-state index in [1.807, 2.05) is 35.2 Å². The van der Waals surface area contributed by atoms with Crippen molar-refractivity contribution in [2.75, 3.05) is 19.7 Å². The molecule has 28 heavy (non-hydrogen) atoms. The summed E-state index contributed by atoms with van der Waals surface area (Å²) in [7, 11) is 0. The first kappa shape index (κ1) is 19.3. The second-order valence-electron chi connectivity index (χ2n) is 6.94. The third kappa shape index (κ3) is 3.76. The molecule has 1 aliphatic heterocycles. The minimum Gasteiger partial charge on any atom is -0.395 e. The molecule has 146 valence electrons. The molecule has 0 saturated heterocycles. The minimum absolute atomic E-state index is 0.0156. The standard InChI is InChI=1S/C21H21Cl2N3O2/c22-14-3-1-13(2-4-14)20(24-8-10-27)21(28)26-9-7-16-17-11-15(23)5-6-18(17)25-19(16)12-26/h1-6,11,20,24-25,27H,7-10,12H2. The van der Waals surface area contributed by atoms with E-state index >= 15 is 0 Å². The summed E-state index contributed by atoms with van der Waals surface area (Å²) in [6, 6.07) is 12.5. The van der Waals surface area contributed by atoms with E-state index in [1.165, 1.54) is 5.56 Å². The van der Waals surface area contributed by atoms with E-state index in [-0.39, 0.29) is 12.5 Å². The van der Waals surface area contributed by atoms with Crippen LogP contribution in [0.2, 0.25) is 10.0 Å². The smallest absolute Gasteiger partial charge is 0.244 e. The molecule has 2 heterocycles. The topological polar surface area (TPSA) is 68.4 Å². The van der Waals surface area contributed by atoms with Gasteiger partial charge in [-0.2, -0.15) is 0 Å². The van der Waals surface area contributed by atoms with Gasteiger partial charge in [0.2, 0.25) is 5.91 Å². The molecule has 5 nitrogen and oxygen atoms in total. The second kappa shape index (κ2) is 8.13. The van der Waals surface area contributed by atoms with Crippen molar-refractivity contribution in [3.05, 3.63) is 69.3 Å². The van der Waals surface area contributed by atoms with Crippen molar-refractivity contribution >= 4 is 40.0 Å². The first-order valence-electron chi connectivity index (χ1n) is 9.24. The van der Waals surface area contributed by atoms with Crippen molar-refractivity contribution in [2.45, 2.75) is 19.0 Å². The highest BCUT2D eigenvalue weighted by Gasteiger charge is 2.29. The number of carbonyl (C=O) groups excluding carboxylic acids is 1. The van der Waals surface area contributed by atoms with Crippen molar-refractivity contribution in [2.24, 2.45) is 0 Å². The van der Waals surface area contributed by atoms with Crippen molar-refractivity contribution in [1.82, 2.24) is 15.2 Å². The van der Waals surface area contributed by atoms with Gasteiger partial charge in [-0.3, -0.25) is 10.1 Å². The zero-order chi connectivity index (χ0) is 19.7. The quantitative estimate of drug-likeness (QED) is 0.592. The molecular formula is C21H21Cl2N3O2. The number of H-pyrrole nitrogens is 1. The molecule has 0 fully saturated rings. The molecule has 2 aromatic carbocycles. The Hall–Kier alpha value is -2.05. The predicted molar refractivity (Wildman–Crippen MR) is 112 cm³/mol. The van der Waals surface area contributed by atoms with Gasteiger partial charge in [0.05, 0.1) is 13.2 Å². The Morgan fingerprint density at radius 1 is 1.18 bits per heavy atom. The lowest BCUT2D eigenvalue weighted by Crippen LogP contribution is -2.43. The maximum absolute atomic E-state index is 13.3. The molecule has 1 amide bonds. The van der Waals surface area contributed by atoms with Crippen LogP contribution >= 0.6 is 23.2 Å². The molecule has 1 aromatic heterocycles. The number of rotatable bonds is 5. The molecule has 0 saturated carbocycles. The van der Waals surface area contributed by atoms with Crippen LogP contribution in [-0.4, -0.2) is 40.6 Å². The molecule has 1 atom stereocenters. The number of halogens is 2. The van der Waals surface area contributed by atoms with E-state index < -0.39 is 6.04 Å². The number of hydrogen-bond donors (Lipinski definition) is 3. The van der Waals surface area contributed by atoms with Crippen LogP contribution in [0, 0.1) is 0 Å². The van der Waals surface area contributed by atoms with Crippen LogP contribution in [0.4, 0.5) is 0 Å². The Bertz CT molecular complexity index is 1000. The largest absolute Gasteiger partial charge is 0.395 e. The lowest BCUT2D eigenvalue weighted by molar-refractivity contribution is -0.134. The fourth-order valence-electron chi connectivity index (χ4n) is 3.80. The molecule has 3 N–H and O–H groups in total. The number of aromatic nitrogens is 1. The summed E-state index contributed by atoms with van der Waals surface area (Å²) in [6.07, 6.45) is 0.773. The third-order valence-corrected chi connectivity index (χ3v) is 5.65. The predicted octanol–water partition coefficient (Wildman–Crippen LogP) is 3.68. The van der Waals surface area contributed by atoms with E-state index in [4.69, 9.17) is 23.2 Å². The number of aliphatic hydroxyl groups excluding tert-OH is 1. The number of aromatic amines is 1. The molecule has 1 aliphatic rings. The number of carbonyl (C=O) groups is 1. The number of nitrogens with one attached hydrogen (secondary N) is 2. The molecule has 0 aliphatic carbocycles. The van der Waals surface area contributed by atoms with Crippen molar-refractivity contribution in [1.29, 1.82) is 0 Å². The summed E-state index contributed by atoms with van der Waals surface area (Å²) in [5.74, 6) is -0.0156. The molecule has 1 unspecified atom stereocenters. The fraction of sp³-hybridized carbons (Fsp3) is 0.286. The van der Waals surface area contributed by atoms with Gasteiger partial charge in [0.25, 0.3) is 0 Å². The van der Waals surface area contributed by atoms with Gasteiger partial charge in [0, 0.05) is 39.7 Å². The zero-order valence-electron chi connectivity index (χ0n) is 15.2. The highest BCUT2D eigenvalue weighted by Crippen LogP contribution is 2.30. The number of nitrogens with zero attached hydrogens (tertiary/aromatic N) is 1. The van der Waals surface area contributed by atoms with Crippen LogP contribution in [0.1, 0.15) is 22.9 Å². The fourth-order valence-corrected chi connectivity index (χ4v) is 4.09. The van der Waals surface area contributed by atoms with Gasteiger partial charge >= 0.3 is 0 Å². The molecule has 7 heteroatoms. The summed E-state index contributed by atoms with van der Waals surface area (Å²) in [6.45, 7) is 1.45. The van der Waals surface area contributed by atoms with E-state index in [0.29, 0.717) is 29.7 Å². The lowest BCUT2D eigenvalue weighted by Gasteiger charge is -2.31. The minimum atomic E-state index is -0.523. The average molecular weight is 418 g/mol. The Labute approximate surface area is 173 Å². The van der Waals surface area contributed by atoms with Gasteiger partial charge < -0.3 is 15.0 Å². The average Bonchev–Trinajstić information content (AvgIpc) is 3.06. The number of aliphatic hydroxyl groups is 1. The van der Waals surface area contributed by atoms with Gasteiger partial charge in [0.15, 0.2) is 0 Å². The molecule has 3 aromatic rings. The van der Waals surface area contributed by atoms with E-state index in [0.717, 1.165) is 28.6 Å². The maximum atomic E-state index is 13.3. The van der Waals surface area contributed by atoms with Crippen LogP contribution in [0.3, 0.4) is 0 Å². The highest BCUT2D eigenvalue weighted by atomic mass is 35.5. The SMILES string of the molecule is O=C(C(NCCO)c1ccc(Cl)cc1)N1CCc2c([nH]c3ccc(Cl)cc23)C1. The maximum Gasteiger partial charge on any atom is 0.244 e. The van der Waals surface area contributed by atoms with Crippen LogP contribution < -0.4 is 5.32 Å². The first-order valence-corrected chi connectivity index (χ1v) is 10.00. The van der Waals surface area contributed by atoms with E-state index in [1.54, 1.807) is 12.1 Å². The van der Waals surface area contributed by atoms with Crippen LogP contribution in [0.25, 0.3) is 10.9 Å². The Kier molecular flexibility index (Phi) is 5.60. The summed E-state index contributed by atoms with van der Waals surface area (Å²) in [5, 5.41) is 14.8. The Morgan fingerprint density at radius 3 is 2.68 bits per heavy atom. The lowest BCUT2D eigenvalue weighted by atomic mass is 10.0. The van der Waals surface area contributed by atoms with E-state index in [2.05, 4.69) is 10.3 Å². The second-order valence-corrected chi connectivity index (χ2v) is 7.82. The van der Waals surface area contributed by atoms with Gasteiger partial charge in [0.1, 0.15) is 6.04 Å². The van der Waals surface area contributed by atoms with Crippen LogP contribution in [-0.2, 0) is 17.8 Å². The summed E-state index contributed by atoms with van der Waals surface area (Å²) >= 11 is 12.1. The first-order chi connectivity index (χ1) is 13.6. The molecular weight excluding hydrogens is 397 g/mol. The van der Waals surface area contributed by atoms with Crippen molar-refractivity contribution in [3.63, 3.8) is 0 Å². The normalized spacial score (nSPS) is 14.9. The van der Waals surface area contributed by atoms with Gasteiger partial charge in [-0.05, 0) is 47.9 Å². The summed E-state index contributed by atoms with van der Waals surface area (Å²) in [4.78, 5) is 18.6. The van der Waals surface area contributed by atoms with Gasteiger partial charge in [-0.15, -0.1) is 0 Å². The number of amides is 1. The summed E-state index contributed by atoms with van der Waals surface area (Å²) < 4.78 is 0. The zero-order valence-corrected chi connectivity index (χ0v) is 16.7. The molecule has 4 rings (SSSR count). The monoisotopic (exact) mass is 417 g/mol. The van der Waals surface area contributed by atoms with Gasteiger partial charge in [-0.1, -0.05) is 35.3 Å². The molecule has 0 radical (unpaired) electrons. The molecule has 0 bridgehead atoms. The van der Waals surface area contributed by atoms with Crippen LogP contribution in [0.15, 0.2) is 42.5 Å². The Balaban J connectivity index is 1.59. The van der Waals surface area contributed by atoms with Crippen molar-refractivity contribution in [3.8, 4) is 0 Å². The number of benzene rings is 2. The number of hydrogen-bond acceptors (Lipinski definition) is 3.